The van der Waals surface area contributed by atoms with Crippen molar-refractivity contribution < 1.29 is 28.2 Å². The maximum Gasteiger partial charge on any atom is 0.310 e. The van der Waals surface area contributed by atoms with Gasteiger partial charge in [-0.05, 0) is 35.9 Å². The summed E-state index contributed by atoms with van der Waals surface area (Å²) in [5, 5.41) is 0.318. The average Bonchev–Trinajstić information content (AvgIpc) is 2.64. The van der Waals surface area contributed by atoms with E-state index in [1.54, 1.807) is 12.1 Å². The molecule has 0 bridgehead atoms. The number of nitrogens with one attached hydrogen (secondary N) is 2. The van der Waals surface area contributed by atoms with Crippen LogP contribution in [0.15, 0.2) is 42.5 Å². The molecule has 9 heteroatoms. The summed E-state index contributed by atoms with van der Waals surface area (Å²) in [5.74, 6) is -2.32. The van der Waals surface area contributed by atoms with Crippen LogP contribution >= 0.6 is 11.6 Å². The Morgan fingerprint density at radius 3 is 2.59 bits per heavy atom. The summed E-state index contributed by atoms with van der Waals surface area (Å²) in [4.78, 5) is 35.4. The van der Waals surface area contributed by atoms with Crippen molar-refractivity contribution in [2.45, 2.75) is 6.42 Å². The first-order valence-electron chi connectivity index (χ1n) is 7.72. The minimum absolute atomic E-state index is 0.119. The van der Waals surface area contributed by atoms with Crippen molar-refractivity contribution >= 4 is 29.4 Å². The third kappa shape index (κ3) is 6.27. The molecule has 0 fully saturated rings. The summed E-state index contributed by atoms with van der Waals surface area (Å²) in [7, 11) is 1.39. The molecule has 0 aliphatic rings. The molecular weight excluding hydrogens is 379 g/mol. The molecule has 0 saturated heterocycles. The highest BCUT2D eigenvalue weighted by atomic mass is 35.5. The number of esters is 1. The highest BCUT2D eigenvalue weighted by Gasteiger charge is 2.14. The lowest BCUT2D eigenvalue weighted by molar-refractivity contribution is -0.148. The molecule has 2 N–H and O–H groups in total. The van der Waals surface area contributed by atoms with E-state index in [-0.39, 0.29) is 17.7 Å². The fourth-order valence-corrected chi connectivity index (χ4v) is 2.27. The maximum atomic E-state index is 13.1. The fourth-order valence-electron chi connectivity index (χ4n) is 2.10. The van der Waals surface area contributed by atoms with Gasteiger partial charge >= 0.3 is 5.97 Å². The molecule has 0 spiro atoms. The van der Waals surface area contributed by atoms with Gasteiger partial charge in [0, 0.05) is 5.02 Å². The molecule has 0 atom stereocenters. The van der Waals surface area contributed by atoms with Crippen molar-refractivity contribution in [3.05, 3.63) is 64.4 Å². The molecular formula is C18H16ClFN2O5. The number of halogens is 2. The van der Waals surface area contributed by atoms with E-state index < -0.39 is 30.2 Å². The third-order valence-electron chi connectivity index (χ3n) is 3.32. The molecule has 2 aromatic rings. The highest BCUT2D eigenvalue weighted by Crippen LogP contribution is 2.22. The topological polar surface area (TPSA) is 93.7 Å². The minimum atomic E-state index is -0.753. The molecule has 2 aromatic carbocycles. The Labute approximate surface area is 159 Å². The second-order valence-corrected chi connectivity index (χ2v) is 5.75. The Bertz CT molecular complexity index is 859. The summed E-state index contributed by atoms with van der Waals surface area (Å²) in [6, 6.07) is 9.90. The number of methoxy groups -OCH3 is 1. The number of hydrogen-bond acceptors (Lipinski definition) is 5. The quantitative estimate of drug-likeness (QED) is 0.577. The predicted octanol–water partition coefficient (Wildman–Crippen LogP) is 2.03. The van der Waals surface area contributed by atoms with Gasteiger partial charge in [0.05, 0.1) is 19.1 Å². The van der Waals surface area contributed by atoms with Crippen LogP contribution in [0.5, 0.6) is 5.75 Å². The van der Waals surface area contributed by atoms with Crippen LogP contribution in [0.2, 0.25) is 5.02 Å². The summed E-state index contributed by atoms with van der Waals surface area (Å²) in [6.07, 6.45) is -0.183. The van der Waals surface area contributed by atoms with Gasteiger partial charge in [0.1, 0.15) is 11.6 Å². The average molecular weight is 395 g/mol. The van der Waals surface area contributed by atoms with Crippen LogP contribution in [-0.4, -0.2) is 31.5 Å². The Hall–Kier alpha value is -3.13. The first kappa shape index (κ1) is 20.2. The van der Waals surface area contributed by atoms with Gasteiger partial charge in [-0.1, -0.05) is 23.7 Å². The SMILES string of the molecule is COc1ccc(Cl)cc1C(=O)NNC(=O)COC(=O)Cc1cccc(F)c1. The Morgan fingerprint density at radius 2 is 1.89 bits per heavy atom. The van der Waals surface area contributed by atoms with Crippen molar-refractivity contribution in [2.75, 3.05) is 13.7 Å². The smallest absolute Gasteiger partial charge is 0.310 e. The molecule has 27 heavy (non-hydrogen) atoms. The van der Waals surface area contributed by atoms with Crippen molar-refractivity contribution in [1.29, 1.82) is 0 Å². The van der Waals surface area contributed by atoms with E-state index in [1.807, 2.05) is 0 Å². The Balaban J connectivity index is 1.80. The molecule has 7 nitrogen and oxygen atoms in total. The number of hydrogen-bond donors (Lipinski definition) is 2. The maximum absolute atomic E-state index is 13.1. The molecule has 0 aliphatic carbocycles. The largest absolute Gasteiger partial charge is 0.496 e. The van der Waals surface area contributed by atoms with E-state index in [0.717, 1.165) is 0 Å². The molecule has 2 amide bonds. The number of carbonyl (C=O) groups is 3. The third-order valence-corrected chi connectivity index (χ3v) is 3.56. The van der Waals surface area contributed by atoms with Gasteiger partial charge in [-0.25, -0.2) is 4.39 Å². The number of benzene rings is 2. The van der Waals surface area contributed by atoms with Gasteiger partial charge < -0.3 is 9.47 Å². The van der Waals surface area contributed by atoms with Gasteiger partial charge in [0.15, 0.2) is 6.61 Å². The molecule has 0 unspecified atom stereocenters. The standard InChI is InChI=1S/C18H16ClFN2O5/c1-26-15-6-5-12(19)9-14(15)18(25)22-21-16(23)10-27-17(24)8-11-3-2-4-13(20)7-11/h2-7,9H,8,10H2,1H3,(H,21,23)(H,22,25). The van der Waals surface area contributed by atoms with Gasteiger partial charge in [0.2, 0.25) is 0 Å². The van der Waals surface area contributed by atoms with Crippen LogP contribution in [0, 0.1) is 5.82 Å². The van der Waals surface area contributed by atoms with E-state index in [0.29, 0.717) is 10.6 Å². The van der Waals surface area contributed by atoms with Crippen LogP contribution in [0.3, 0.4) is 0 Å². The van der Waals surface area contributed by atoms with Crippen molar-refractivity contribution in [3.8, 4) is 5.75 Å². The normalized spacial score (nSPS) is 10.0. The van der Waals surface area contributed by atoms with E-state index in [1.165, 1.54) is 37.4 Å². The summed E-state index contributed by atoms with van der Waals surface area (Å²) >= 11 is 5.84. The van der Waals surface area contributed by atoms with E-state index in [2.05, 4.69) is 10.9 Å². The highest BCUT2D eigenvalue weighted by molar-refractivity contribution is 6.31. The zero-order valence-corrected chi connectivity index (χ0v) is 15.0. The molecule has 142 valence electrons. The minimum Gasteiger partial charge on any atom is -0.496 e. The zero-order chi connectivity index (χ0) is 19.8. The van der Waals surface area contributed by atoms with Gasteiger partial charge in [0.25, 0.3) is 11.8 Å². The fraction of sp³-hybridized carbons (Fsp3) is 0.167. The van der Waals surface area contributed by atoms with Crippen LogP contribution in [0.25, 0.3) is 0 Å². The summed E-state index contributed by atoms with van der Waals surface area (Å²) in [5.41, 5.74) is 4.81. The van der Waals surface area contributed by atoms with E-state index >= 15 is 0 Å². The number of ether oxygens (including phenoxy) is 2. The van der Waals surface area contributed by atoms with Crippen molar-refractivity contribution in [3.63, 3.8) is 0 Å². The van der Waals surface area contributed by atoms with Crippen molar-refractivity contribution in [1.82, 2.24) is 10.9 Å². The molecule has 0 aromatic heterocycles. The molecule has 0 saturated carbocycles. The molecule has 0 radical (unpaired) electrons. The Kier molecular flexibility index (Phi) is 7.13. The second-order valence-electron chi connectivity index (χ2n) is 5.31. The lowest BCUT2D eigenvalue weighted by Gasteiger charge is -2.11. The number of hydrazine groups is 1. The van der Waals surface area contributed by atoms with Gasteiger partial charge in [-0.3, -0.25) is 25.2 Å². The summed E-state index contributed by atoms with van der Waals surface area (Å²) in [6.45, 7) is -0.610. The summed E-state index contributed by atoms with van der Waals surface area (Å²) < 4.78 is 22.9. The van der Waals surface area contributed by atoms with Gasteiger partial charge in [-0.15, -0.1) is 0 Å². The zero-order valence-electron chi connectivity index (χ0n) is 14.3. The monoisotopic (exact) mass is 394 g/mol. The number of amides is 2. The number of rotatable bonds is 6. The molecule has 2 rings (SSSR count). The first-order chi connectivity index (χ1) is 12.9. The lowest BCUT2D eigenvalue weighted by Crippen LogP contribution is -2.43. The van der Waals surface area contributed by atoms with E-state index in [4.69, 9.17) is 21.1 Å². The molecule has 0 aliphatic heterocycles. The van der Waals surface area contributed by atoms with Crippen LogP contribution < -0.4 is 15.6 Å². The van der Waals surface area contributed by atoms with Crippen LogP contribution in [-0.2, 0) is 20.7 Å². The van der Waals surface area contributed by atoms with E-state index in [9.17, 15) is 18.8 Å². The van der Waals surface area contributed by atoms with Gasteiger partial charge in [-0.2, -0.15) is 0 Å². The Morgan fingerprint density at radius 1 is 1.11 bits per heavy atom. The lowest BCUT2D eigenvalue weighted by atomic mass is 10.1. The van der Waals surface area contributed by atoms with Crippen LogP contribution in [0.1, 0.15) is 15.9 Å². The molecule has 0 heterocycles. The predicted molar refractivity (Wildman–Crippen MR) is 94.7 cm³/mol. The van der Waals surface area contributed by atoms with Crippen molar-refractivity contribution in [2.24, 2.45) is 0 Å². The van der Waals surface area contributed by atoms with Crippen LogP contribution in [0.4, 0.5) is 4.39 Å². The number of carbonyl (C=O) groups excluding carboxylic acids is 3. The second kappa shape index (κ2) is 9.54. The first-order valence-corrected chi connectivity index (χ1v) is 8.09.